The van der Waals surface area contributed by atoms with Gasteiger partial charge in [-0.2, -0.15) is 0 Å². The summed E-state index contributed by atoms with van der Waals surface area (Å²) in [5.74, 6) is 5.19. The number of rotatable bonds is 3. The molecule has 7 heteroatoms. The fourth-order valence-corrected chi connectivity index (χ4v) is 2.27. The Morgan fingerprint density at radius 3 is 3.16 bits per heavy atom. The number of nitrogens with one attached hydrogen (secondary N) is 1. The van der Waals surface area contributed by atoms with Crippen molar-refractivity contribution in [2.45, 2.75) is 38.3 Å². The molecular weight excluding hydrogens is 248 g/mol. The van der Waals surface area contributed by atoms with Gasteiger partial charge in [-0.3, -0.25) is 15.1 Å². The number of amides is 1. The average Bonchev–Trinajstić information content (AvgIpc) is 2.76. The maximum atomic E-state index is 11.3. The van der Waals surface area contributed by atoms with E-state index in [4.69, 9.17) is 10.4 Å². The van der Waals surface area contributed by atoms with Crippen LogP contribution in [0.2, 0.25) is 0 Å². The van der Waals surface area contributed by atoms with Crippen LogP contribution in [0.3, 0.4) is 0 Å². The summed E-state index contributed by atoms with van der Waals surface area (Å²) in [6.45, 7) is 4.15. The van der Waals surface area contributed by atoms with Gasteiger partial charge < -0.3 is 9.63 Å². The van der Waals surface area contributed by atoms with E-state index in [0.717, 1.165) is 32.4 Å². The molecule has 7 nitrogen and oxygen atoms in total. The van der Waals surface area contributed by atoms with Gasteiger partial charge in [0.05, 0.1) is 12.1 Å². The van der Waals surface area contributed by atoms with Crippen molar-refractivity contribution in [1.29, 1.82) is 0 Å². The summed E-state index contributed by atoms with van der Waals surface area (Å²) in [5, 5.41) is 13.7. The van der Waals surface area contributed by atoms with E-state index < -0.39 is 11.5 Å². The highest BCUT2D eigenvalue weighted by Gasteiger charge is 2.25. The molecule has 1 amide bonds. The van der Waals surface area contributed by atoms with Crippen LogP contribution in [0, 0.1) is 0 Å². The molecule has 0 aliphatic carbocycles. The first-order valence-corrected chi connectivity index (χ1v) is 6.41. The molecule has 1 fully saturated rings. The molecule has 106 valence electrons. The third kappa shape index (κ3) is 3.76. The summed E-state index contributed by atoms with van der Waals surface area (Å²) in [4.78, 5) is 13.4. The third-order valence-electron chi connectivity index (χ3n) is 3.46. The van der Waals surface area contributed by atoms with Crippen molar-refractivity contribution >= 4 is 5.91 Å². The van der Waals surface area contributed by atoms with Gasteiger partial charge >= 0.3 is 0 Å². The Labute approximate surface area is 111 Å². The Bertz CT molecular complexity index is 444. The van der Waals surface area contributed by atoms with Gasteiger partial charge in [-0.15, -0.1) is 0 Å². The highest BCUT2D eigenvalue weighted by atomic mass is 16.5. The molecule has 0 spiro atoms. The van der Waals surface area contributed by atoms with Crippen LogP contribution in [0.25, 0.3) is 0 Å². The van der Waals surface area contributed by atoms with Crippen molar-refractivity contribution in [3.8, 4) is 0 Å². The maximum Gasteiger partial charge on any atom is 0.287 e. The Hall–Kier alpha value is -1.44. The molecule has 0 radical (unpaired) electrons. The van der Waals surface area contributed by atoms with Gasteiger partial charge in [0.2, 0.25) is 0 Å². The number of likely N-dealkylation sites (tertiary alicyclic amines) is 1. The van der Waals surface area contributed by atoms with Crippen molar-refractivity contribution < 1.29 is 14.4 Å². The van der Waals surface area contributed by atoms with E-state index in [2.05, 4.69) is 10.1 Å². The molecule has 1 saturated heterocycles. The van der Waals surface area contributed by atoms with E-state index in [9.17, 15) is 9.90 Å². The number of hydrogen-bond donors (Lipinski definition) is 3. The number of aliphatic hydroxyl groups is 1. The van der Waals surface area contributed by atoms with Crippen LogP contribution in [-0.4, -0.2) is 39.8 Å². The largest absolute Gasteiger partial charge is 0.390 e. The fourth-order valence-electron chi connectivity index (χ4n) is 2.27. The number of hydrogen-bond acceptors (Lipinski definition) is 6. The predicted octanol–water partition coefficient (Wildman–Crippen LogP) is 0.0150. The SMILES string of the molecule is CC1(O)CCCN(Cc2cc(C(=O)NN)no2)CC1. The molecule has 1 aliphatic heterocycles. The lowest BCUT2D eigenvalue weighted by molar-refractivity contribution is 0.0441. The average molecular weight is 268 g/mol. The minimum Gasteiger partial charge on any atom is -0.390 e. The lowest BCUT2D eigenvalue weighted by atomic mass is 9.98. The molecule has 4 N–H and O–H groups in total. The summed E-state index contributed by atoms with van der Waals surface area (Å²) in [7, 11) is 0. The van der Waals surface area contributed by atoms with Gasteiger partial charge in [0, 0.05) is 12.6 Å². The summed E-state index contributed by atoms with van der Waals surface area (Å²) in [6.07, 6.45) is 2.48. The molecule has 1 atom stereocenters. The number of nitrogens with zero attached hydrogens (tertiary/aromatic N) is 2. The van der Waals surface area contributed by atoms with Gasteiger partial charge in [0.15, 0.2) is 11.5 Å². The summed E-state index contributed by atoms with van der Waals surface area (Å²) >= 11 is 0. The van der Waals surface area contributed by atoms with Crippen LogP contribution in [0.1, 0.15) is 42.4 Å². The Kier molecular flexibility index (Phi) is 4.18. The van der Waals surface area contributed by atoms with Crippen LogP contribution in [0.4, 0.5) is 0 Å². The summed E-state index contributed by atoms with van der Waals surface area (Å²) < 4.78 is 5.11. The molecule has 1 aromatic rings. The Balaban J connectivity index is 1.94. The fraction of sp³-hybridized carbons (Fsp3) is 0.667. The van der Waals surface area contributed by atoms with E-state index in [1.54, 1.807) is 6.07 Å². The first-order valence-electron chi connectivity index (χ1n) is 6.41. The van der Waals surface area contributed by atoms with E-state index >= 15 is 0 Å². The molecule has 1 aromatic heterocycles. The first-order chi connectivity index (χ1) is 9.00. The number of nitrogen functional groups attached to an aromatic ring is 1. The van der Waals surface area contributed by atoms with Crippen LogP contribution >= 0.6 is 0 Å². The third-order valence-corrected chi connectivity index (χ3v) is 3.46. The topological polar surface area (TPSA) is 105 Å². The maximum absolute atomic E-state index is 11.3. The van der Waals surface area contributed by atoms with Gasteiger partial charge in [-0.05, 0) is 32.7 Å². The number of aromatic nitrogens is 1. The van der Waals surface area contributed by atoms with Gasteiger partial charge in [-0.25, -0.2) is 5.84 Å². The van der Waals surface area contributed by atoms with E-state index in [1.165, 1.54) is 0 Å². The molecule has 2 heterocycles. The first kappa shape index (κ1) is 14.0. The standard InChI is InChI=1S/C12H20N4O3/c1-12(18)3-2-5-16(6-4-12)8-9-7-10(15-19-9)11(17)14-13/h7,18H,2-6,8,13H2,1H3,(H,14,17). The zero-order valence-electron chi connectivity index (χ0n) is 11.1. The Morgan fingerprint density at radius 2 is 2.42 bits per heavy atom. The second-order valence-electron chi connectivity index (χ2n) is 5.28. The smallest absolute Gasteiger partial charge is 0.287 e. The van der Waals surface area contributed by atoms with E-state index in [1.807, 2.05) is 12.3 Å². The zero-order chi connectivity index (χ0) is 13.9. The zero-order valence-corrected chi connectivity index (χ0v) is 11.1. The minimum absolute atomic E-state index is 0.180. The molecule has 1 unspecified atom stereocenters. The number of hydrazine groups is 1. The van der Waals surface area contributed by atoms with Gasteiger partial charge in [0.1, 0.15) is 0 Å². The summed E-state index contributed by atoms with van der Waals surface area (Å²) in [5.41, 5.74) is 1.61. The van der Waals surface area contributed by atoms with Gasteiger partial charge in [-0.1, -0.05) is 5.16 Å². The highest BCUT2D eigenvalue weighted by Crippen LogP contribution is 2.22. The number of carbonyl (C=O) groups is 1. The molecule has 0 aromatic carbocycles. The molecular formula is C12H20N4O3. The van der Waals surface area contributed by atoms with Crippen molar-refractivity contribution in [3.63, 3.8) is 0 Å². The molecule has 1 aliphatic rings. The highest BCUT2D eigenvalue weighted by molar-refractivity contribution is 5.91. The van der Waals surface area contributed by atoms with E-state index in [-0.39, 0.29) is 5.69 Å². The van der Waals surface area contributed by atoms with Crippen LogP contribution < -0.4 is 11.3 Å². The lowest BCUT2D eigenvalue weighted by Crippen LogP contribution is -2.30. The van der Waals surface area contributed by atoms with Gasteiger partial charge in [0.25, 0.3) is 5.91 Å². The second-order valence-corrected chi connectivity index (χ2v) is 5.28. The van der Waals surface area contributed by atoms with Crippen LogP contribution in [0.15, 0.2) is 10.6 Å². The number of nitrogens with two attached hydrogens (primary N) is 1. The molecule has 19 heavy (non-hydrogen) atoms. The quantitative estimate of drug-likeness (QED) is 0.405. The lowest BCUT2D eigenvalue weighted by Gasteiger charge is -2.21. The molecule has 2 rings (SSSR count). The number of carbonyl (C=O) groups excluding carboxylic acids is 1. The van der Waals surface area contributed by atoms with Crippen LogP contribution in [0.5, 0.6) is 0 Å². The minimum atomic E-state index is -0.583. The normalized spacial score (nSPS) is 25.0. The van der Waals surface area contributed by atoms with E-state index in [0.29, 0.717) is 12.3 Å². The van der Waals surface area contributed by atoms with Crippen molar-refractivity contribution in [2.24, 2.45) is 5.84 Å². The van der Waals surface area contributed by atoms with Crippen molar-refractivity contribution in [2.75, 3.05) is 13.1 Å². The molecule has 0 bridgehead atoms. The summed E-state index contributed by atoms with van der Waals surface area (Å²) in [6, 6.07) is 1.59. The van der Waals surface area contributed by atoms with Crippen molar-refractivity contribution in [3.05, 3.63) is 17.5 Å². The van der Waals surface area contributed by atoms with Crippen molar-refractivity contribution in [1.82, 2.24) is 15.5 Å². The molecule has 0 saturated carbocycles. The monoisotopic (exact) mass is 268 g/mol. The Morgan fingerprint density at radius 1 is 1.63 bits per heavy atom. The predicted molar refractivity (Wildman–Crippen MR) is 67.9 cm³/mol. The second kappa shape index (κ2) is 5.68. The van der Waals surface area contributed by atoms with Crippen LogP contribution in [-0.2, 0) is 6.54 Å².